The Kier molecular flexibility index (Phi) is 5.38. The largest absolute Gasteiger partial charge is 0.417 e. The van der Waals surface area contributed by atoms with E-state index >= 15 is 0 Å². The first-order valence-corrected chi connectivity index (χ1v) is 7.27. The molecule has 0 saturated carbocycles. The number of H-pyrrole nitrogens is 1. The summed E-state index contributed by atoms with van der Waals surface area (Å²) < 4.78 is 38.5. The molecule has 1 heterocycles. The molecule has 0 unspecified atom stereocenters. The monoisotopic (exact) mass is 338 g/mol. The van der Waals surface area contributed by atoms with Gasteiger partial charge in [0.25, 0.3) is 0 Å². The van der Waals surface area contributed by atoms with E-state index in [1.54, 1.807) is 0 Å². The summed E-state index contributed by atoms with van der Waals surface area (Å²) in [4.78, 5) is 11.8. The van der Waals surface area contributed by atoms with Crippen LogP contribution in [0.2, 0.25) is 0 Å². The van der Waals surface area contributed by atoms with Gasteiger partial charge in [0.1, 0.15) is 0 Å². The van der Waals surface area contributed by atoms with Gasteiger partial charge in [-0.3, -0.25) is 9.89 Å². The highest BCUT2D eigenvalue weighted by Gasteiger charge is 2.32. The maximum atomic E-state index is 12.8. The zero-order chi connectivity index (χ0) is 17.7. The Bertz CT molecular complexity index is 731. The Labute approximate surface area is 137 Å². The Morgan fingerprint density at radius 3 is 2.67 bits per heavy atom. The van der Waals surface area contributed by atoms with Gasteiger partial charge in [-0.05, 0) is 31.9 Å². The summed E-state index contributed by atoms with van der Waals surface area (Å²) in [6, 6.07) is 5.03. The van der Waals surface area contributed by atoms with Crippen molar-refractivity contribution in [1.82, 2.24) is 15.6 Å². The van der Waals surface area contributed by atoms with Gasteiger partial charge in [-0.1, -0.05) is 18.2 Å². The van der Waals surface area contributed by atoms with Crippen molar-refractivity contribution in [1.29, 1.82) is 0 Å². The molecular weight excluding hydrogens is 321 g/mol. The van der Waals surface area contributed by atoms with Crippen LogP contribution in [-0.2, 0) is 17.4 Å². The van der Waals surface area contributed by atoms with Crippen molar-refractivity contribution in [2.45, 2.75) is 32.9 Å². The van der Waals surface area contributed by atoms with E-state index in [1.165, 1.54) is 18.2 Å². The van der Waals surface area contributed by atoms with E-state index < -0.39 is 11.7 Å². The fourth-order valence-electron chi connectivity index (χ4n) is 2.28. The van der Waals surface area contributed by atoms with Crippen molar-refractivity contribution >= 4 is 12.1 Å². The molecule has 2 aromatic rings. The van der Waals surface area contributed by atoms with Crippen molar-refractivity contribution in [3.05, 3.63) is 52.3 Å². The van der Waals surface area contributed by atoms with Crippen LogP contribution in [0.4, 0.5) is 13.2 Å². The summed E-state index contributed by atoms with van der Waals surface area (Å²) >= 11 is 0. The molecule has 0 radical (unpaired) electrons. The van der Waals surface area contributed by atoms with E-state index in [1.807, 2.05) is 13.8 Å². The fraction of sp³-hybridized carbons (Fsp3) is 0.312. The summed E-state index contributed by atoms with van der Waals surface area (Å²) in [7, 11) is 0. The number of benzene rings is 1. The van der Waals surface area contributed by atoms with Crippen LogP contribution < -0.4 is 5.43 Å². The predicted molar refractivity (Wildman–Crippen MR) is 83.6 cm³/mol. The maximum Gasteiger partial charge on any atom is 0.417 e. The lowest BCUT2D eigenvalue weighted by molar-refractivity contribution is -0.137. The molecule has 0 bridgehead atoms. The molecule has 2 rings (SSSR count). The summed E-state index contributed by atoms with van der Waals surface area (Å²) in [5, 5.41) is 10.5. The van der Waals surface area contributed by atoms with E-state index in [2.05, 4.69) is 20.7 Å². The Hall–Kier alpha value is -2.64. The third-order valence-corrected chi connectivity index (χ3v) is 3.54. The summed E-state index contributed by atoms with van der Waals surface area (Å²) in [5.41, 5.74) is 4.01. The molecule has 0 aliphatic carbocycles. The van der Waals surface area contributed by atoms with Gasteiger partial charge in [0, 0.05) is 17.7 Å². The Morgan fingerprint density at radius 2 is 2.04 bits per heavy atom. The smallest absolute Gasteiger partial charge is 0.282 e. The maximum absolute atomic E-state index is 12.8. The van der Waals surface area contributed by atoms with E-state index in [4.69, 9.17) is 0 Å². The van der Waals surface area contributed by atoms with Crippen LogP contribution in [0.5, 0.6) is 0 Å². The number of aromatic amines is 1. The van der Waals surface area contributed by atoms with Gasteiger partial charge in [0.2, 0.25) is 5.91 Å². The Balaban J connectivity index is 1.94. The molecule has 0 spiro atoms. The lowest BCUT2D eigenvalue weighted by Crippen LogP contribution is -2.18. The molecule has 0 atom stereocenters. The minimum atomic E-state index is -4.47. The van der Waals surface area contributed by atoms with Crippen LogP contribution in [0.1, 0.15) is 34.5 Å². The van der Waals surface area contributed by atoms with Crippen molar-refractivity contribution in [2.24, 2.45) is 5.10 Å². The minimum Gasteiger partial charge on any atom is -0.282 e. The van der Waals surface area contributed by atoms with Gasteiger partial charge in [-0.2, -0.15) is 23.4 Å². The van der Waals surface area contributed by atoms with E-state index in [-0.39, 0.29) is 17.9 Å². The quantitative estimate of drug-likeness (QED) is 0.649. The summed E-state index contributed by atoms with van der Waals surface area (Å²) in [6.07, 6.45) is -2.83. The third-order valence-electron chi connectivity index (χ3n) is 3.54. The number of carbonyl (C=O) groups is 1. The molecule has 5 nitrogen and oxygen atoms in total. The highest BCUT2D eigenvalue weighted by Crippen LogP contribution is 2.31. The van der Waals surface area contributed by atoms with E-state index in [0.717, 1.165) is 29.2 Å². The lowest BCUT2D eigenvalue weighted by Gasteiger charge is -2.09. The van der Waals surface area contributed by atoms with Gasteiger partial charge >= 0.3 is 6.18 Å². The number of rotatable bonds is 5. The highest BCUT2D eigenvalue weighted by molar-refractivity contribution is 5.84. The number of halogens is 3. The molecule has 24 heavy (non-hydrogen) atoms. The lowest BCUT2D eigenvalue weighted by atomic mass is 10.1. The van der Waals surface area contributed by atoms with Crippen molar-refractivity contribution in [3.63, 3.8) is 0 Å². The molecule has 1 aromatic carbocycles. The molecule has 2 N–H and O–H groups in total. The topological polar surface area (TPSA) is 70.1 Å². The van der Waals surface area contributed by atoms with Gasteiger partial charge in [-0.15, -0.1) is 0 Å². The van der Waals surface area contributed by atoms with Gasteiger partial charge in [0.05, 0.1) is 17.5 Å². The zero-order valence-corrected chi connectivity index (χ0v) is 13.2. The molecule has 0 saturated heterocycles. The number of nitrogens with one attached hydrogen (secondary N) is 2. The van der Waals surface area contributed by atoms with Gasteiger partial charge in [0.15, 0.2) is 0 Å². The second-order valence-corrected chi connectivity index (χ2v) is 5.29. The van der Waals surface area contributed by atoms with Crippen LogP contribution in [-0.4, -0.2) is 22.3 Å². The molecule has 1 aromatic heterocycles. The molecule has 1 amide bonds. The number of aryl methyl sites for hydroxylation is 2. The molecule has 0 fully saturated rings. The molecule has 0 aliphatic heterocycles. The van der Waals surface area contributed by atoms with Crippen molar-refractivity contribution in [2.75, 3.05) is 0 Å². The first-order valence-electron chi connectivity index (χ1n) is 7.27. The number of nitrogens with zero attached hydrogens (tertiary/aromatic N) is 2. The van der Waals surface area contributed by atoms with Crippen molar-refractivity contribution < 1.29 is 18.0 Å². The number of hydrogen-bond donors (Lipinski definition) is 2. The Morgan fingerprint density at radius 1 is 1.33 bits per heavy atom. The van der Waals surface area contributed by atoms with Crippen LogP contribution in [0.15, 0.2) is 29.4 Å². The second kappa shape index (κ2) is 7.29. The van der Waals surface area contributed by atoms with Crippen LogP contribution in [0.3, 0.4) is 0 Å². The zero-order valence-electron chi connectivity index (χ0n) is 13.2. The van der Waals surface area contributed by atoms with Crippen LogP contribution >= 0.6 is 0 Å². The number of amides is 1. The number of carbonyl (C=O) groups excluding carboxylic acids is 1. The summed E-state index contributed by atoms with van der Waals surface area (Å²) in [5.74, 6) is -0.379. The number of hydrazone groups is 1. The predicted octanol–water partition coefficient (Wildman–Crippen LogP) is 3.13. The minimum absolute atomic E-state index is 0.105. The van der Waals surface area contributed by atoms with Gasteiger partial charge in [-0.25, -0.2) is 5.43 Å². The number of hydrogen-bond acceptors (Lipinski definition) is 3. The first kappa shape index (κ1) is 17.7. The molecular formula is C16H17F3N4O. The average Bonchev–Trinajstić information content (AvgIpc) is 2.83. The second-order valence-electron chi connectivity index (χ2n) is 5.29. The fourth-order valence-corrected chi connectivity index (χ4v) is 2.28. The number of alkyl halides is 3. The highest BCUT2D eigenvalue weighted by atomic mass is 19.4. The van der Waals surface area contributed by atoms with Gasteiger partial charge < -0.3 is 0 Å². The third kappa shape index (κ3) is 4.43. The molecule has 8 heteroatoms. The standard InChI is InChI=1S/C16H17F3N4O/c1-10-13(11(2)22-21-10)7-8-15(24)23-20-9-12-5-3-4-6-14(12)16(17,18)19/h3-6,9H,7-8H2,1-2H3,(H,21,22)(H,23,24)/b20-9+. The molecule has 128 valence electrons. The number of aromatic nitrogens is 2. The van der Waals surface area contributed by atoms with E-state index in [0.29, 0.717) is 6.42 Å². The normalized spacial score (nSPS) is 11.9. The molecule has 0 aliphatic rings. The SMILES string of the molecule is Cc1n[nH]c(C)c1CCC(=O)N/N=C/c1ccccc1C(F)(F)F. The summed E-state index contributed by atoms with van der Waals surface area (Å²) in [6.45, 7) is 3.70. The van der Waals surface area contributed by atoms with Crippen molar-refractivity contribution in [3.8, 4) is 0 Å². The van der Waals surface area contributed by atoms with Crippen LogP contribution in [0, 0.1) is 13.8 Å². The first-order chi connectivity index (χ1) is 11.3. The van der Waals surface area contributed by atoms with E-state index in [9.17, 15) is 18.0 Å². The average molecular weight is 338 g/mol. The van der Waals surface area contributed by atoms with Crippen LogP contribution in [0.25, 0.3) is 0 Å².